The van der Waals surface area contributed by atoms with Gasteiger partial charge in [0.1, 0.15) is 0 Å². The Bertz CT molecular complexity index is 1130. The van der Waals surface area contributed by atoms with Crippen molar-refractivity contribution in [2.24, 2.45) is 0 Å². The second-order valence-corrected chi connectivity index (χ2v) is 6.99. The molecule has 4 aromatic rings. The van der Waals surface area contributed by atoms with Gasteiger partial charge in [0.2, 0.25) is 18.6 Å². The Hall–Kier alpha value is -3.33. The first kappa shape index (κ1) is 16.8. The SMILES string of the molecule is Cc1nnc(CSc2nnc(-c3ccc4c(c3)OCO4)n2-c2ccccc2)o1. The monoisotopic (exact) mass is 393 g/mol. The van der Waals surface area contributed by atoms with E-state index in [0.717, 1.165) is 22.2 Å². The van der Waals surface area contributed by atoms with Gasteiger partial charge < -0.3 is 13.9 Å². The zero-order valence-electron chi connectivity index (χ0n) is 14.9. The summed E-state index contributed by atoms with van der Waals surface area (Å²) in [5.41, 5.74) is 1.85. The Balaban J connectivity index is 1.54. The van der Waals surface area contributed by atoms with Crippen molar-refractivity contribution in [3.8, 4) is 28.6 Å². The molecule has 0 fully saturated rings. The van der Waals surface area contributed by atoms with Gasteiger partial charge in [0.15, 0.2) is 22.5 Å². The number of aryl methyl sites for hydroxylation is 1. The predicted molar refractivity (Wildman–Crippen MR) is 102 cm³/mol. The first-order valence-electron chi connectivity index (χ1n) is 8.60. The summed E-state index contributed by atoms with van der Waals surface area (Å²) in [6.45, 7) is 2.00. The van der Waals surface area contributed by atoms with Gasteiger partial charge in [-0.05, 0) is 30.3 Å². The van der Waals surface area contributed by atoms with Gasteiger partial charge in [-0.2, -0.15) is 0 Å². The lowest BCUT2D eigenvalue weighted by atomic mass is 10.2. The van der Waals surface area contributed by atoms with Gasteiger partial charge in [-0.15, -0.1) is 20.4 Å². The first-order valence-corrected chi connectivity index (χ1v) is 9.59. The standard InChI is InChI=1S/C19H15N5O3S/c1-12-20-21-17(27-12)10-28-19-23-22-18(24(19)14-5-3-2-4-6-14)13-7-8-15-16(9-13)26-11-25-15/h2-9H,10-11H2,1H3. The summed E-state index contributed by atoms with van der Waals surface area (Å²) in [5.74, 6) is 3.75. The van der Waals surface area contributed by atoms with E-state index in [4.69, 9.17) is 13.9 Å². The van der Waals surface area contributed by atoms with Crippen LogP contribution >= 0.6 is 11.8 Å². The Morgan fingerprint density at radius 2 is 1.82 bits per heavy atom. The fourth-order valence-electron chi connectivity index (χ4n) is 2.92. The first-order chi connectivity index (χ1) is 13.8. The van der Waals surface area contributed by atoms with Crippen LogP contribution in [0.3, 0.4) is 0 Å². The lowest BCUT2D eigenvalue weighted by Crippen LogP contribution is -1.99. The summed E-state index contributed by atoms with van der Waals surface area (Å²) in [7, 11) is 0. The van der Waals surface area contributed by atoms with Gasteiger partial charge in [0, 0.05) is 18.2 Å². The molecule has 0 unspecified atom stereocenters. The van der Waals surface area contributed by atoms with Crippen molar-refractivity contribution in [3.05, 3.63) is 60.3 Å². The summed E-state index contributed by atoms with van der Waals surface area (Å²) >= 11 is 1.49. The molecule has 0 amide bonds. The Morgan fingerprint density at radius 3 is 2.64 bits per heavy atom. The molecule has 0 spiro atoms. The molecule has 0 bridgehead atoms. The smallest absolute Gasteiger partial charge is 0.231 e. The fourth-order valence-corrected chi connectivity index (χ4v) is 3.71. The van der Waals surface area contributed by atoms with E-state index in [9.17, 15) is 0 Å². The molecule has 0 saturated heterocycles. The van der Waals surface area contributed by atoms with Crippen LogP contribution in [-0.4, -0.2) is 31.8 Å². The van der Waals surface area contributed by atoms with Crippen LogP contribution in [0.5, 0.6) is 11.5 Å². The molecule has 3 heterocycles. The van der Waals surface area contributed by atoms with Crippen LogP contribution in [0.25, 0.3) is 17.1 Å². The van der Waals surface area contributed by atoms with Crippen molar-refractivity contribution in [3.63, 3.8) is 0 Å². The number of thioether (sulfide) groups is 1. The average Bonchev–Trinajstić information content (AvgIpc) is 3.45. The Labute approximate surface area is 164 Å². The number of rotatable bonds is 5. The second kappa shape index (κ2) is 7.01. The number of para-hydroxylation sites is 1. The lowest BCUT2D eigenvalue weighted by Gasteiger charge is -2.10. The molecule has 1 aliphatic rings. The van der Waals surface area contributed by atoms with Crippen LogP contribution in [0.4, 0.5) is 0 Å². The molecule has 0 saturated carbocycles. The molecule has 28 heavy (non-hydrogen) atoms. The lowest BCUT2D eigenvalue weighted by molar-refractivity contribution is 0.174. The molecule has 2 aromatic carbocycles. The van der Waals surface area contributed by atoms with Crippen LogP contribution < -0.4 is 9.47 Å². The summed E-state index contributed by atoms with van der Waals surface area (Å²) in [6, 6.07) is 15.7. The molecule has 5 rings (SSSR count). The third-order valence-electron chi connectivity index (χ3n) is 4.17. The van der Waals surface area contributed by atoms with E-state index < -0.39 is 0 Å². The van der Waals surface area contributed by atoms with Crippen LogP contribution in [0.2, 0.25) is 0 Å². The highest BCUT2D eigenvalue weighted by molar-refractivity contribution is 7.98. The molecule has 1 aliphatic heterocycles. The zero-order chi connectivity index (χ0) is 18.9. The highest BCUT2D eigenvalue weighted by atomic mass is 32.2. The topological polar surface area (TPSA) is 88.1 Å². The third-order valence-corrected chi connectivity index (χ3v) is 5.08. The number of fused-ring (bicyclic) bond motifs is 1. The van der Waals surface area contributed by atoms with Crippen molar-refractivity contribution in [2.75, 3.05) is 6.79 Å². The van der Waals surface area contributed by atoms with Crippen molar-refractivity contribution in [1.82, 2.24) is 25.0 Å². The quantitative estimate of drug-likeness (QED) is 0.475. The van der Waals surface area contributed by atoms with Crippen molar-refractivity contribution in [2.45, 2.75) is 17.8 Å². The number of benzene rings is 2. The second-order valence-electron chi connectivity index (χ2n) is 6.05. The number of hydrogen-bond donors (Lipinski definition) is 0. The number of aromatic nitrogens is 5. The van der Waals surface area contributed by atoms with Crippen LogP contribution in [-0.2, 0) is 5.75 Å². The van der Waals surface area contributed by atoms with Crippen LogP contribution in [0.1, 0.15) is 11.8 Å². The van der Waals surface area contributed by atoms with Crippen LogP contribution in [0, 0.1) is 6.92 Å². The maximum atomic E-state index is 5.51. The average molecular weight is 393 g/mol. The summed E-state index contributed by atoms with van der Waals surface area (Å²) < 4.78 is 18.4. The van der Waals surface area contributed by atoms with Gasteiger partial charge in [0.25, 0.3) is 0 Å². The Morgan fingerprint density at radius 1 is 0.964 bits per heavy atom. The van der Waals surface area contributed by atoms with E-state index in [-0.39, 0.29) is 6.79 Å². The highest BCUT2D eigenvalue weighted by Crippen LogP contribution is 2.37. The van der Waals surface area contributed by atoms with E-state index in [1.165, 1.54) is 11.8 Å². The van der Waals surface area contributed by atoms with Gasteiger partial charge in [0.05, 0.1) is 5.75 Å². The normalized spacial score (nSPS) is 12.5. The molecular weight excluding hydrogens is 378 g/mol. The van der Waals surface area contributed by atoms with Gasteiger partial charge in [-0.1, -0.05) is 30.0 Å². The van der Waals surface area contributed by atoms with Crippen molar-refractivity contribution < 1.29 is 13.9 Å². The maximum absolute atomic E-state index is 5.51. The van der Waals surface area contributed by atoms with E-state index in [1.54, 1.807) is 6.92 Å². The molecule has 0 aliphatic carbocycles. The molecule has 2 aromatic heterocycles. The largest absolute Gasteiger partial charge is 0.454 e. The summed E-state index contributed by atoms with van der Waals surface area (Å²) in [4.78, 5) is 0. The molecule has 0 radical (unpaired) electrons. The van der Waals surface area contributed by atoms with Gasteiger partial charge in [-0.25, -0.2) is 0 Å². The minimum absolute atomic E-state index is 0.231. The van der Waals surface area contributed by atoms with E-state index in [1.807, 2.05) is 53.1 Å². The van der Waals surface area contributed by atoms with Crippen molar-refractivity contribution in [1.29, 1.82) is 0 Å². The minimum atomic E-state index is 0.231. The number of ether oxygens (including phenoxy) is 2. The van der Waals surface area contributed by atoms with Crippen LogP contribution in [0.15, 0.2) is 58.1 Å². The molecular formula is C19H15N5O3S. The van der Waals surface area contributed by atoms with E-state index in [0.29, 0.717) is 29.1 Å². The molecule has 9 heteroatoms. The van der Waals surface area contributed by atoms with Gasteiger partial charge in [-0.3, -0.25) is 4.57 Å². The van der Waals surface area contributed by atoms with Crippen molar-refractivity contribution >= 4 is 11.8 Å². The third kappa shape index (κ3) is 3.09. The molecule has 8 nitrogen and oxygen atoms in total. The molecule has 0 N–H and O–H groups in total. The highest BCUT2D eigenvalue weighted by Gasteiger charge is 2.20. The maximum Gasteiger partial charge on any atom is 0.231 e. The predicted octanol–water partition coefficient (Wildman–Crippen LogP) is 3.65. The molecule has 140 valence electrons. The summed E-state index contributed by atoms with van der Waals surface area (Å²) in [5, 5.41) is 17.5. The van der Waals surface area contributed by atoms with Gasteiger partial charge >= 0.3 is 0 Å². The summed E-state index contributed by atoms with van der Waals surface area (Å²) in [6.07, 6.45) is 0. The number of nitrogens with zero attached hydrogens (tertiary/aromatic N) is 5. The fraction of sp³-hybridized carbons (Fsp3) is 0.158. The Kier molecular flexibility index (Phi) is 4.21. The zero-order valence-corrected chi connectivity index (χ0v) is 15.7. The minimum Gasteiger partial charge on any atom is -0.454 e. The number of hydrogen-bond acceptors (Lipinski definition) is 8. The van der Waals surface area contributed by atoms with E-state index >= 15 is 0 Å². The molecule has 0 atom stereocenters. The van der Waals surface area contributed by atoms with E-state index in [2.05, 4.69) is 20.4 Å².